The smallest absolute Gasteiger partial charge is 0.252 e. The van der Waals surface area contributed by atoms with Crippen molar-refractivity contribution in [3.63, 3.8) is 0 Å². The summed E-state index contributed by atoms with van der Waals surface area (Å²) in [5.41, 5.74) is 3.34. The van der Waals surface area contributed by atoms with E-state index in [0.29, 0.717) is 17.8 Å². The summed E-state index contributed by atoms with van der Waals surface area (Å²) in [5.74, 6) is 0.457. The summed E-state index contributed by atoms with van der Waals surface area (Å²) in [6, 6.07) is 15.7. The zero-order valence-corrected chi connectivity index (χ0v) is 13.8. The maximum atomic E-state index is 12.3. The van der Waals surface area contributed by atoms with Gasteiger partial charge < -0.3 is 9.09 Å². The lowest BCUT2D eigenvalue weighted by Crippen LogP contribution is -2.22. The second-order valence-electron chi connectivity index (χ2n) is 5.66. The van der Waals surface area contributed by atoms with Crippen LogP contribution in [-0.2, 0) is 17.8 Å². The number of carbonyl (C=O) groups is 1. The van der Waals surface area contributed by atoms with Gasteiger partial charge in [-0.1, -0.05) is 41.6 Å². The Morgan fingerprint density at radius 2 is 1.88 bits per heavy atom. The first kappa shape index (κ1) is 15.9. The Morgan fingerprint density at radius 3 is 2.58 bits per heavy atom. The number of hydrogen-bond acceptors (Lipinski definition) is 3. The SMILES string of the molecule is Cc1noc(C)c1CC(=O)N=c1ccccn1Cc1ccccc1. The van der Waals surface area contributed by atoms with Gasteiger partial charge in [-0.15, -0.1) is 0 Å². The van der Waals surface area contributed by atoms with Crippen molar-refractivity contribution in [2.24, 2.45) is 4.99 Å². The molecule has 0 fully saturated rings. The summed E-state index contributed by atoms with van der Waals surface area (Å²) in [6.45, 7) is 4.30. The molecule has 0 atom stereocenters. The standard InChI is InChI=1S/C19H19N3O2/c1-14-17(15(2)24-21-14)12-19(23)20-18-10-6-7-11-22(18)13-16-8-4-3-5-9-16/h3-11H,12-13H2,1-2H3. The number of benzene rings is 1. The topological polar surface area (TPSA) is 60.4 Å². The lowest BCUT2D eigenvalue weighted by Gasteiger charge is -2.07. The lowest BCUT2D eigenvalue weighted by atomic mass is 10.1. The third kappa shape index (κ3) is 3.68. The zero-order chi connectivity index (χ0) is 16.9. The van der Waals surface area contributed by atoms with Crippen molar-refractivity contribution in [2.75, 3.05) is 0 Å². The number of aromatic nitrogens is 2. The van der Waals surface area contributed by atoms with Crippen molar-refractivity contribution in [3.05, 3.63) is 82.8 Å². The fourth-order valence-electron chi connectivity index (χ4n) is 2.56. The van der Waals surface area contributed by atoms with E-state index in [0.717, 1.165) is 16.8 Å². The molecule has 1 aromatic carbocycles. The molecule has 3 aromatic rings. The molecule has 0 N–H and O–H groups in total. The summed E-state index contributed by atoms with van der Waals surface area (Å²) in [4.78, 5) is 16.6. The van der Waals surface area contributed by atoms with E-state index >= 15 is 0 Å². The van der Waals surface area contributed by atoms with Crippen molar-refractivity contribution >= 4 is 5.91 Å². The van der Waals surface area contributed by atoms with Crippen LogP contribution < -0.4 is 5.49 Å². The second kappa shape index (κ2) is 7.08. The Labute approximate surface area is 140 Å². The van der Waals surface area contributed by atoms with Crippen molar-refractivity contribution in [2.45, 2.75) is 26.8 Å². The first-order valence-electron chi connectivity index (χ1n) is 7.82. The van der Waals surface area contributed by atoms with Gasteiger partial charge in [-0.25, -0.2) is 0 Å². The van der Waals surface area contributed by atoms with Gasteiger partial charge in [0.1, 0.15) is 11.2 Å². The normalized spacial score (nSPS) is 11.7. The van der Waals surface area contributed by atoms with Crippen LogP contribution in [0, 0.1) is 13.8 Å². The van der Waals surface area contributed by atoms with Gasteiger partial charge in [0.25, 0.3) is 5.91 Å². The quantitative estimate of drug-likeness (QED) is 0.742. The van der Waals surface area contributed by atoms with E-state index in [-0.39, 0.29) is 12.3 Å². The molecule has 1 amide bonds. The van der Waals surface area contributed by atoms with Crippen molar-refractivity contribution in [1.29, 1.82) is 0 Å². The first-order valence-corrected chi connectivity index (χ1v) is 7.82. The van der Waals surface area contributed by atoms with Crippen molar-refractivity contribution < 1.29 is 9.32 Å². The highest BCUT2D eigenvalue weighted by Crippen LogP contribution is 2.13. The highest BCUT2D eigenvalue weighted by molar-refractivity contribution is 5.79. The number of hydrogen-bond donors (Lipinski definition) is 0. The van der Waals surface area contributed by atoms with Gasteiger partial charge in [0.15, 0.2) is 0 Å². The maximum absolute atomic E-state index is 12.3. The maximum Gasteiger partial charge on any atom is 0.252 e. The fourth-order valence-corrected chi connectivity index (χ4v) is 2.56. The molecule has 122 valence electrons. The molecule has 0 aliphatic rings. The molecule has 0 saturated carbocycles. The average Bonchev–Trinajstić information content (AvgIpc) is 2.89. The van der Waals surface area contributed by atoms with Gasteiger partial charge in [0.2, 0.25) is 0 Å². The number of carbonyl (C=O) groups excluding carboxylic acids is 1. The van der Waals surface area contributed by atoms with Crippen LogP contribution in [-0.4, -0.2) is 15.6 Å². The second-order valence-corrected chi connectivity index (χ2v) is 5.66. The van der Waals surface area contributed by atoms with Crippen LogP contribution in [0.4, 0.5) is 0 Å². The predicted molar refractivity (Wildman–Crippen MR) is 90.2 cm³/mol. The summed E-state index contributed by atoms with van der Waals surface area (Å²) in [6.07, 6.45) is 2.12. The fraction of sp³-hybridized carbons (Fsp3) is 0.211. The van der Waals surface area contributed by atoms with Gasteiger partial charge in [0, 0.05) is 18.3 Å². The van der Waals surface area contributed by atoms with Gasteiger partial charge >= 0.3 is 0 Å². The Hall–Kier alpha value is -2.95. The van der Waals surface area contributed by atoms with E-state index in [2.05, 4.69) is 22.3 Å². The largest absolute Gasteiger partial charge is 0.361 e. The highest BCUT2D eigenvalue weighted by Gasteiger charge is 2.12. The van der Waals surface area contributed by atoms with E-state index in [1.807, 2.05) is 54.1 Å². The molecule has 5 nitrogen and oxygen atoms in total. The van der Waals surface area contributed by atoms with Crippen molar-refractivity contribution in [3.8, 4) is 0 Å². The first-order chi connectivity index (χ1) is 11.6. The minimum Gasteiger partial charge on any atom is -0.361 e. The Balaban J connectivity index is 1.86. The number of pyridine rings is 1. The molecule has 2 heterocycles. The molecular formula is C19H19N3O2. The van der Waals surface area contributed by atoms with Gasteiger partial charge in [-0.2, -0.15) is 4.99 Å². The van der Waals surface area contributed by atoms with Gasteiger partial charge in [0.05, 0.1) is 12.1 Å². The molecule has 0 aliphatic carbocycles. The Bertz CT molecular complexity index is 888. The molecule has 0 aliphatic heterocycles. The monoisotopic (exact) mass is 321 g/mol. The van der Waals surface area contributed by atoms with Crippen LogP contribution in [0.5, 0.6) is 0 Å². The van der Waals surface area contributed by atoms with Crippen LogP contribution >= 0.6 is 0 Å². The summed E-state index contributed by atoms with van der Waals surface area (Å²) >= 11 is 0. The van der Waals surface area contributed by atoms with E-state index in [9.17, 15) is 4.79 Å². The summed E-state index contributed by atoms with van der Waals surface area (Å²) < 4.78 is 7.06. The molecular weight excluding hydrogens is 302 g/mol. The Kier molecular flexibility index (Phi) is 4.70. The van der Waals surface area contributed by atoms with Crippen LogP contribution in [0.2, 0.25) is 0 Å². The van der Waals surface area contributed by atoms with Crippen LogP contribution in [0.1, 0.15) is 22.6 Å². The van der Waals surface area contributed by atoms with E-state index in [1.54, 1.807) is 6.92 Å². The molecule has 0 bridgehead atoms. The van der Waals surface area contributed by atoms with Crippen LogP contribution in [0.15, 0.2) is 64.2 Å². The number of nitrogens with zero attached hydrogens (tertiary/aromatic N) is 3. The number of amides is 1. The molecule has 2 aromatic heterocycles. The molecule has 5 heteroatoms. The summed E-state index contributed by atoms with van der Waals surface area (Å²) in [7, 11) is 0. The van der Waals surface area contributed by atoms with Gasteiger partial charge in [-0.05, 0) is 31.5 Å². The predicted octanol–water partition coefficient (Wildman–Crippen LogP) is 2.81. The zero-order valence-electron chi connectivity index (χ0n) is 13.8. The average molecular weight is 321 g/mol. The minimum absolute atomic E-state index is 0.196. The highest BCUT2D eigenvalue weighted by atomic mass is 16.5. The lowest BCUT2D eigenvalue weighted by molar-refractivity contribution is -0.117. The van der Waals surface area contributed by atoms with E-state index in [4.69, 9.17) is 4.52 Å². The number of aryl methyl sites for hydroxylation is 2. The molecule has 0 spiro atoms. The molecule has 3 rings (SSSR count). The molecule has 0 saturated heterocycles. The van der Waals surface area contributed by atoms with E-state index in [1.165, 1.54) is 0 Å². The Morgan fingerprint density at radius 1 is 1.12 bits per heavy atom. The van der Waals surface area contributed by atoms with Crippen molar-refractivity contribution in [1.82, 2.24) is 9.72 Å². The van der Waals surface area contributed by atoms with E-state index < -0.39 is 0 Å². The molecule has 0 unspecified atom stereocenters. The summed E-state index contributed by atoms with van der Waals surface area (Å²) in [5, 5.41) is 3.88. The third-order valence-corrected chi connectivity index (χ3v) is 3.86. The molecule has 0 radical (unpaired) electrons. The van der Waals surface area contributed by atoms with Crippen LogP contribution in [0.25, 0.3) is 0 Å². The minimum atomic E-state index is -0.211. The van der Waals surface area contributed by atoms with Crippen LogP contribution in [0.3, 0.4) is 0 Å². The van der Waals surface area contributed by atoms with Gasteiger partial charge in [-0.3, -0.25) is 4.79 Å². The molecule has 24 heavy (non-hydrogen) atoms. The third-order valence-electron chi connectivity index (χ3n) is 3.86. The number of rotatable bonds is 4.